The number of unbranched alkanes of at least 4 members (excludes halogenated alkanes) is 12. The number of phosphoric ester groups is 3. The molecule has 3 rings (SSSR count). The zero-order chi connectivity index (χ0) is 52.0. The van der Waals surface area contributed by atoms with Gasteiger partial charge in [-0.25, -0.2) is 28.6 Å². The Bertz CT molecular complexity index is 2070. The highest BCUT2D eigenvalue weighted by Gasteiger charge is 2.50. The number of aliphatic hydroxyl groups excluding tert-OH is 2. The predicted molar refractivity (Wildman–Crippen MR) is 260 cm³/mol. The summed E-state index contributed by atoms with van der Waals surface area (Å²) in [7, 11) is -16.4. The van der Waals surface area contributed by atoms with E-state index in [4.69, 9.17) is 19.5 Å². The molecule has 0 bridgehead atoms. The standard InChI is InChI=1S/C42H76N7O17P3S/c1-5-6-7-8-9-10-11-12-13-14-15-16-19-30(2)20-17-18-21-33(51)70-25-24-44-32(50)22-23-45-40(54)37(53)42(3,4)27-63-69(60,61)66-68(58,59)62-26-31-36(65-67(55,56)57)35(52)41(64-31)49-29-48-34-38(43)46-28-47-39(34)49/h28-31,35-37,41,52-53H,5-27H2,1-4H3,(H,44,50)(H,45,54)(H,58,59)(H,60,61)(H2,43,46,47)(H2,55,56,57). The third-order valence-corrected chi connectivity index (χ3v) is 15.7. The molecule has 0 aromatic carbocycles. The fourth-order valence-corrected chi connectivity index (χ4v) is 11.2. The van der Waals surface area contributed by atoms with Crippen molar-refractivity contribution in [3.63, 3.8) is 0 Å². The first-order chi connectivity index (χ1) is 32.9. The molecule has 8 atom stereocenters. The molecule has 2 aromatic rings. The van der Waals surface area contributed by atoms with E-state index in [0.717, 1.165) is 48.2 Å². The van der Waals surface area contributed by atoms with Crippen LogP contribution in [0.1, 0.15) is 149 Å². The Labute approximate surface area is 414 Å². The maximum atomic E-state index is 12.8. The van der Waals surface area contributed by atoms with Crippen molar-refractivity contribution in [2.75, 3.05) is 37.8 Å². The lowest BCUT2D eigenvalue weighted by Gasteiger charge is -2.30. The number of nitrogens with one attached hydrogen (secondary N) is 2. The van der Waals surface area contributed by atoms with Crippen LogP contribution in [0.3, 0.4) is 0 Å². The summed E-state index contributed by atoms with van der Waals surface area (Å²) >= 11 is 1.16. The van der Waals surface area contributed by atoms with Crippen LogP contribution in [0.25, 0.3) is 11.2 Å². The van der Waals surface area contributed by atoms with E-state index in [2.05, 4.69) is 48.3 Å². The van der Waals surface area contributed by atoms with Gasteiger partial charge >= 0.3 is 23.5 Å². The van der Waals surface area contributed by atoms with E-state index in [1.54, 1.807) is 0 Å². The third-order valence-electron chi connectivity index (χ3n) is 11.6. The van der Waals surface area contributed by atoms with Crippen molar-refractivity contribution in [1.82, 2.24) is 30.2 Å². The molecule has 8 unspecified atom stereocenters. The summed E-state index contributed by atoms with van der Waals surface area (Å²) in [5.74, 6) is -0.371. The SMILES string of the molecule is CCCCCCCCCCCCCCC(C)CCCCC(=O)SCCNC(=O)CCNC(=O)C(O)C(C)(C)COP(=O)(O)OP(=O)(O)OCC1OC(n2cnc3c(N)ncnc32)C(O)C1OP(=O)(O)O. The highest BCUT2D eigenvalue weighted by Crippen LogP contribution is 2.61. The van der Waals surface area contributed by atoms with Gasteiger partial charge in [0.1, 0.15) is 36.3 Å². The molecular formula is C42H76N7O17P3S. The van der Waals surface area contributed by atoms with E-state index < -0.39 is 84.6 Å². The van der Waals surface area contributed by atoms with Crippen LogP contribution in [0, 0.1) is 11.3 Å². The summed E-state index contributed by atoms with van der Waals surface area (Å²) in [6.07, 6.45) is 13.9. The topological polar surface area (TPSA) is 364 Å². The number of hydrogen-bond donors (Lipinski definition) is 9. The summed E-state index contributed by atoms with van der Waals surface area (Å²) < 4.78 is 62.5. The number of anilines is 1. The summed E-state index contributed by atoms with van der Waals surface area (Å²) in [4.78, 5) is 88.6. The molecule has 0 radical (unpaired) electrons. The average molecular weight is 1080 g/mol. The number of carbonyl (C=O) groups excluding carboxylic acids is 3. The molecule has 3 heterocycles. The van der Waals surface area contributed by atoms with Crippen molar-refractivity contribution >= 4 is 69.1 Å². The Hall–Kier alpha value is -2.44. The Morgan fingerprint density at radius 3 is 2.09 bits per heavy atom. The second kappa shape index (κ2) is 30.7. The summed E-state index contributed by atoms with van der Waals surface area (Å²) in [5, 5.41) is 26.7. The fraction of sp³-hybridized carbons (Fsp3) is 0.810. The molecule has 1 saturated heterocycles. The first-order valence-electron chi connectivity index (χ1n) is 24.0. The van der Waals surface area contributed by atoms with Crippen LogP contribution in [-0.2, 0) is 50.7 Å². The lowest BCUT2D eigenvalue weighted by atomic mass is 9.87. The number of aromatic nitrogens is 4. The van der Waals surface area contributed by atoms with Gasteiger partial charge in [0.05, 0.1) is 19.5 Å². The van der Waals surface area contributed by atoms with Crippen LogP contribution < -0.4 is 16.4 Å². The summed E-state index contributed by atoms with van der Waals surface area (Å²) in [5.41, 5.74) is 4.29. The molecule has 2 amide bonds. The second-order valence-electron chi connectivity index (χ2n) is 18.3. The lowest BCUT2D eigenvalue weighted by molar-refractivity contribution is -0.137. The van der Waals surface area contributed by atoms with E-state index >= 15 is 0 Å². The van der Waals surface area contributed by atoms with Crippen molar-refractivity contribution in [1.29, 1.82) is 0 Å². The number of aliphatic hydroxyl groups is 2. The van der Waals surface area contributed by atoms with Gasteiger partial charge in [-0.3, -0.25) is 32.5 Å². The van der Waals surface area contributed by atoms with Crippen molar-refractivity contribution in [3.8, 4) is 0 Å². The molecule has 0 spiro atoms. The number of carbonyl (C=O) groups is 3. The summed E-state index contributed by atoms with van der Waals surface area (Å²) in [6, 6.07) is 0. The molecule has 402 valence electrons. The van der Waals surface area contributed by atoms with Crippen molar-refractivity contribution in [2.45, 2.75) is 174 Å². The fourth-order valence-electron chi connectivity index (χ4n) is 7.61. The Kier molecular flexibility index (Phi) is 27.1. The molecule has 2 aromatic heterocycles. The minimum atomic E-state index is -5.58. The number of thioether (sulfide) groups is 1. The second-order valence-corrected chi connectivity index (χ2v) is 23.7. The number of ether oxygens (including phenoxy) is 1. The first kappa shape index (κ1) is 61.9. The Morgan fingerprint density at radius 2 is 1.46 bits per heavy atom. The number of nitrogens with zero attached hydrogens (tertiary/aromatic N) is 4. The van der Waals surface area contributed by atoms with E-state index in [0.29, 0.717) is 18.1 Å². The molecule has 70 heavy (non-hydrogen) atoms. The zero-order valence-electron chi connectivity index (χ0n) is 40.7. The van der Waals surface area contributed by atoms with Crippen LogP contribution in [0.15, 0.2) is 12.7 Å². The largest absolute Gasteiger partial charge is 0.481 e. The quantitative estimate of drug-likeness (QED) is 0.0279. The Balaban J connectivity index is 1.28. The maximum Gasteiger partial charge on any atom is 0.481 e. The van der Waals surface area contributed by atoms with Crippen molar-refractivity contribution in [3.05, 3.63) is 12.7 Å². The van der Waals surface area contributed by atoms with Crippen molar-refractivity contribution < 1.29 is 80.5 Å². The number of hydrogen-bond acceptors (Lipinski definition) is 18. The number of amides is 2. The van der Waals surface area contributed by atoms with Crippen LogP contribution in [0.4, 0.5) is 5.82 Å². The number of rotatable bonds is 37. The number of phosphoric acid groups is 3. The predicted octanol–water partition coefficient (Wildman–Crippen LogP) is 5.95. The van der Waals surface area contributed by atoms with Crippen LogP contribution >= 0.6 is 35.2 Å². The van der Waals surface area contributed by atoms with Gasteiger partial charge in [-0.2, -0.15) is 4.31 Å². The van der Waals surface area contributed by atoms with Gasteiger partial charge < -0.3 is 50.9 Å². The molecule has 1 aliphatic heterocycles. The third kappa shape index (κ3) is 23.2. The molecule has 0 aliphatic carbocycles. The van der Waals surface area contributed by atoms with Crippen LogP contribution in [-0.4, -0.2) is 123 Å². The number of nitrogen functional groups attached to an aromatic ring is 1. The Morgan fingerprint density at radius 1 is 0.857 bits per heavy atom. The molecule has 1 fully saturated rings. The molecule has 1 aliphatic rings. The van der Waals surface area contributed by atoms with Gasteiger partial charge in [0, 0.05) is 37.1 Å². The number of imidazole rings is 1. The molecule has 28 heteroatoms. The van der Waals surface area contributed by atoms with Gasteiger partial charge in [0.15, 0.2) is 22.8 Å². The van der Waals surface area contributed by atoms with Gasteiger partial charge in [-0.05, 0) is 12.3 Å². The van der Waals surface area contributed by atoms with Gasteiger partial charge in [-0.15, -0.1) is 0 Å². The maximum absolute atomic E-state index is 12.8. The van der Waals surface area contributed by atoms with E-state index in [9.17, 15) is 57.9 Å². The van der Waals surface area contributed by atoms with Gasteiger partial charge in [0.2, 0.25) is 11.8 Å². The van der Waals surface area contributed by atoms with Crippen LogP contribution in [0.2, 0.25) is 0 Å². The summed E-state index contributed by atoms with van der Waals surface area (Å²) in [6.45, 7) is 5.12. The van der Waals surface area contributed by atoms with Crippen molar-refractivity contribution in [2.24, 2.45) is 11.3 Å². The van der Waals surface area contributed by atoms with Gasteiger partial charge in [-0.1, -0.05) is 136 Å². The molecule has 24 nitrogen and oxygen atoms in total. The van der Waals surface area contributed by atoms with Crippen LogP contribution in [0.5, 0.6) is 0 Å². The first-order valence-corrected chi connectivity index (χ1v) is 29.5. The normalized spacial score (nSPS) is 20.2. The highest BCUT2D eigenvalue weighted by atomic mass is 32.2. The number of fused-ring (bicyclic) bond motifs is 1. The average Bonchev–Trinajstić information content (AvgIpc) is 3.85. The van der Waals surface area contributed by atoms with E-state index in [1.807, 2.05) is 0 Å². The number of nitrogens with two attached hydrogens (primary N) is 1. The lowest BCUT2D eigenvalue weighted by Crippen LogP contribution is -2.46. The molecule has 10 N–H and O–H groups in total. The minimum Gasteiger partial charge on any atom is -0.386 e. The molecule has 0 saturated carbocycles. The highest BCUT2D eigenvalue weighted by molar-refractivity contribution is 8.13. The molecular weight excluding hydrogens is 999 g/mol. The van der Waals surface area contributed by atoms with E-state index in [-0.39, 0.29) is 41.6 Å². The smallest absolute Gasteiger partial charge is 0.386 e. The zero-order valence-corrected chi connectivity index (χ0v) is 44.2. The van der Waals surface area contributed by atoms with Gasteiger partial charge in [0.25, 0.3) is 0 Å². The minimum absolute atomic E-state index is 0.0340. The van der Waals surface area contributed by atoms with E-state index in [1.165, 1.54) is 97.3 Å². The monoisotopic (exact) mass is 1080 g/mol.